The molecule has 4 aliphatic rings. The summed E-state index contributed by atoms with van der Waals surface area (Å²) in [6.07, 6.45) is 9.51. The van der Waals surface area contributed by atoms with E-state index >= 15 is 0 Å². The van der Waals surface area contributed by atoms with Crippen LogP contribution < -0.4 is 14.5 Å². The minimum atomic E-state index is -0.768. The van der Waals surface area contributed by atoms with E-state index in [1.165, 1.54) is 83.5 Å². The molecule has 0 fully saturated rings. The molecule has 3 nitrogen and oxygen atoms in total. The van der Waals surface area contributed by atoms with Gasteiger partial charge in [-0.2, -0.15) is 0 Å². The topological polar surface area (TPSA) is 15.7 Å². The first-order valence-electron chi connectivity index (χ1n) is 24.1. The minimum Gasteiger partial charge on any atom is -0.457 e. The highest BCUT2D eigenvalue weighted by Gasteiger charge is 2.54. The van der Waals surface area contributed by atoms with E-state index in [1.807, 2.05) is 0 Å². The minimum absolute atomic E-state index is 0.709. The van der Waals surface area contributed by atoms with Gasteiger partial charge in [0.2, 0.25) is 0 Å². The van der Waals surface area contributed by atoms with Crippen molar-refractivity contribution in [2.24, 2.45) is 0 Å². The maximum Gasteiger partial charge on any atom is 0.132 e. The number of fused-ring (bicyclic) bond motifs is 10. The van der Waals surface area contributed by atoms with E-state index in [0.717, 1.165) is 51.2 Å². The highest BCUT2D eigenvalue weighted by molar-refractivity contribution is 6.11. The van der Waals surface area contributed by atoms with Crippen LogP contribution in [0.1, 0.15) is 45.4 Å². The lowest BCUT2D eigenvalue weighted by molar-refractivity contribution is 0.396. The third kappa shape index (κ3) is 6.34. The summed E-state index contributed by atoms with van der Waals surface area (Å²) in [5, 5.41) is 0. The van der Waals surface area contributed by atoms with Crippen LogP contribution in [0.3, 0.4) is 0 Å². The maximum atomic E-state index is 7.08. The van der Waals surface area contributed by atoms with E-state index < -0.39 is 5.41 Å². The first kappa shape index (κ1) is 40.8. The van der Waals surface area contributed by atoms with Gasteiger partial charge in [0.15, 0.2) is 0 Å². The third-order valence-electron chi connectivity index (χ3n) is 14.8. The van der Waals surface area contributed by atoms with Crippen LogP contribution in [-0.4, -0.2) is 0 Å². The number of para-hydroxylation sites is 1. The van der Waals surface area contributed by atoms with Gasteiger partial charge in [0.05, 0.1) is 5.41 Å². The molecule has 0 aromatic heterocycles. The van der Waals surface area contributed by atoms with Crippen molar-refractivity contribution in [3.05, 3.63) is 269 Å². The van der Waals surface area contributed by atoms with Crippen molar-refractivity contribution < 1.29 is 4.74 Å². The zero-order valence-corrected chi connectivity index (χ0v) is 39.3. The Morgan fingerprint density at radius 2 is 0.768 bits per heavy atom. The molecule has 0 saturated carbocycles. The predicted octanol–water partition coefficient (Wildman–Crippen LogP) is 17.7. The molecule has 0 atom stereocenters. The maximum absolute atomic E-state index is 7.08. The summed E-state index contributed by atoms with van der Waals surface area (Å²) in [4.78, 5) is 4.91. The number of anilines is 6. The van der Waals surface area contributed by atoms with E-state index in [2.05, 4.69) is 256 Å². The van der Waals surface area contributed by atoms with E-state index in [1.54, 1.807) is 0 Å². The Hall–Kier alpha value is -8.40. The Morgan fingerprint density at radius 1 is 0.377 bits per heavy atom. The lowest BCUT2D eigenvalue weighted by atomic mass is 9.64. The normalized spacial score (nSPS) is 14.1. The fraction of sp³-hybridized carbons (Fsp3) is 0.0909. The first-order chi connectivity index (χ1) is 33.8. The number of benzene rings is 9. The summed E-state index contributed by atoms with van der Waals surface area (Å²) in [5.74, 6) is 1.77. The molecule has 0 radical (unpaired) electrons. The third-order valence-corrected chi connectivity index (χ3v) is 14.8. The second-order valence-corrected chi connectivity index (χ2v) is 19.1. The van der Waals surface area contributed by atoms with E-state index in [-0.39, 0.29) is 0 Å². The second-order valence-electron chi connectivity index (χ2n) is 19.1. The molecule has 0 saturated heterocycles. The molecule has 3 heteroatoms. The molecule has 330 valence electrons. The number of allylic oxidation sites excluding steroid dienone is 5. The summed E-state index contributed by atoms with van der Waals surface area (Å²) in [7, 11) is 0. The Balaban J connectivity index is 1.24. The van der Waals surface area contributed by atoms with Crippen LogP contribution in [0.15, 0.2) is 230 Å². The van der Waals surface area contributed by atoms with Crippen LogP contribution in [0.2, 0.25) is 0 Å². The van der Waals surface area contributed by atoms with Crippen LogP contribution in [0.25, 0.3) is 44.5 Å². The Morgan fingerprint density at radius 3 is 1.20 bits per heavy atom. The first-order valence-corrected chi connectivity index (χ1v) is 24.1. The van der Waals surface area contributed by atoms with Crippen LogP contribution in [0.5, 0.6) is 5.75 Å². The Kier molecular flexibility index (Phi) is 9.39. The van der Waals surface area contributed by atoms with Crippen LogP contribution >= 0.6 is 0 Å². The molecule has 0 unspecified atom stereocenters. The molecule has 0 amide bonds. The van der Waals surface area contributed by atoms with Crippen molar-refractivity contribution in [2.75, 3.05) is 9.80 Å². The summed E-state index contributed by atoms with van der Waals surface area (Å²) < 4.78 is 7.08. The van der Waals surface area contributed by atoms with Gasteiger partial charge in [-0.05, 0) is 180 Å². The number of nitrogens with zero attached hydrogens (tertiary/aromatic N) is 2. The van der Waals surface area contributed by atoms with Gasteiger partial charge >= 0.3 is 0 Å². The lowest BCUT2D eigenvalue weighted by Crippen LogP contribution is -2.35. The van der Waals surface area contributed by atoms with Gasteiger partial charge in [-0.1, -0.05) is 156 Å². The molecule has 9 aromatic carbocycles. The van der Waals surface area contributed by atoms with Crippen molar-refractivity contribution in [3.63, 3.8) is 0 Å². The summed E-state index contributed by atoms with van der Waals surface area (Å²) in [6.45, 7) is 8.65. The summed E-state index contributed by atoms with van der Waals surface area (Å²) >= 11 is 0. The molecule has 0 bridgehead atoms. The standard InChI is InChI=1S/C66H50N2O/c1-42-22-30-46(31-23-42)67(47-32-24-43(2)25-33-47)50-38-56-54-16-10-8-14-52(54)53-15-9-11-17-55(53)57-39-51(68(48-34-26-44(3)27-35-48)49-36-28-45(4)29-37-49)41-61-65(57)64(56)60(40-50)66(61)58-18-6-5-7-20-62(58)69-63-21-13-12-19-59(63)66/h5-17,19-41H,18H2,1-4H3. The molecule has 1 spiro atoms. The van der Waals surface area contributed by atoms with Gasteiger partial charge in [0.1, 0.15) is 11.5 Å². The largest absolute Gasteiger partial charge is 0.457 e. The van der Waals surface area contributed by atoms with Crippen molar-refractivity contribution in [3.8, 4) is 50.3 Å². The number of rotatable bonds is 6. The fourth-order valence-electron chi connectivity index (χ4n) is 11.6. The van der Waals surface area contributed by atoms with Gasteiger partial charge in [-0.15, -0.1) is 0 Å². The van der Waals surface area contributed by atoms with Crippen molar-refractivity contribution in [2.45, 2.75) is 39.5 Å². The van der Waals surface area contributed by atoms with Crippen LogP contribution in [-0.2, 0) is 5.41 Å². The van der Waals surface area contributed by atoms with Crippen LogP contribution in [0.4, 0.5) is 34.1 Å². The van der Waals surface area contributed by atoms with Gasteiger partial charge in [-0.25, -0.2) is 0 Å². The van der Waals surface area contributed by atoms with Gasteiger partial charge in [-0.3, -0.25) is 0 Å². The second kappa shape index (κ2) is 15.9. The molecule has 69 heavy (non-hydrogen) atoms. The molecule has 9 aromatic rings. The fourth-order valence-corrected chi connectivity index (χ4v) is 11.6. The Bertz CT molecular complexity index is 3340. The van der Waals surface area contributed by atoms with Gasteiger partial charge < -0.3 is 14.5 Å². The molecule has 1 aliphatic heterocycles. The summed E-state index contributed by atoms with van der Waals surface area (Å²) in [5.41, 5.74) is 25.4. The summed E-state index contributed by atoms with van der Waals surface area (Å²) in [6, 6.07) is 72.9. The number of hydrogen-bond donors (Lipinski definition) is 0. The zero-order valence-electron chi connectivity index (χ0n) is 39.3. The van der Waals surface area contributed by atoms with Gasteiger partial charge in [0, 0.05) is 39.7 Å². The van der Waals surface area contributed by atoms with E-state index in [9.17, 15) is 0 Å². The SMILES string of the molecule is Cc1ccc(N(c2ccc(C)cc2)c2cc3c4c(c2)C2(C5=C(C=CC=CC5)Oc5ccccc52)c2cc(N(c5ccc(C)cc5)c5ccc(C)cc5)cc(c2-4)-c2ccccc2-c2ccccc2-3)cc1. The average Bonchev–Trinajstić information content (AvgIpc) is 3.47. The van der Waals surface area contributed by atoms with Crippen molar-refractivity contribution in [1.29, 1.82) is 0 Å². The molecule has 13 rings (SSSR count). The lowest BCUT2D eigenvalue weighted by Gasteiger charge is -2.41. The van der Waals surface area contributed by atoms with Crippen molar-refractivity contribution in [1.82, 2.24) is 0 Å². The van der Waals surface area contributed by atoms with Gasteiger partial charge in [0.25, 0.3) is 0 Å². The van der Waals surface area contributed by atoms with E-state index in [4.69, 9.17) is 4.74 Å². The van der Waals surface area contributed by atoms with Crippen molar-refractivity contribution >= 4 is 34.1 Å². The smallest absolute Gasteiger partial charge is 0.132 e. The molecular weight excluding hydrogens is 837 g/mol. The highest BCUT2D eigenvalue weighted by Crippen LogP contribution is 2.67. The Labute approximate surface area is 405 Å². The van der Waals surface area contributed by atoms with E-state index in [0.29, 0.717) is 6.42 Å². The molecular formula is C66H50N2O. The number of aryl methyl sites for hydroxylation is 4. The predicted molar refractivity (Wildman–Crippen MR) is 287 cm³/mol. The molecule has 1 heterocycles. The average molecular weight is 887 g/mol. The molecule has 0 N–H and O–H groups in total. The number of hydrogen-bond acceptors (Lipinski definition) is 3. The zero-order chi connectivity index (χ0) is 46.4. The monoisotopic (exact) mass is 886 g/mol. The quantitative estimate of drug-likeness (QED) is 0.165. The highest BCUT2D eigenvalue weighted by atomic mass is 16.5. The molecule has 3 aliphatic carbocycles. The van der Waals surface area contributed by atoms with Crippen LogP contribution in [0, 0.1) is 27.7 Å². The number of ether oxygens (including phenoxy) is 1.